The molecule has 2 unspecified atom stereocenters. The summed E-state index contributed by atoms with van der Waals surface area (Å²) in [6.07, 6.45) is 1.87. The van der Waals surface area contributed by atoms with Crippen LogP contribution >= 0.6 is 0 Å². The van der Waals surface area contributed by atoms with Gasteiger partial charge in [0.1, 0.15) is 11.6 Å². The van der Waals surface area contributed by atoms with Crippen LogP contribution in [0.1, 0.15) is 32.8 Å². The molecule has 1 N–H and O–H groups in total. The van der Waals surface area contributed by atoms with E-state index in [4.69, 9.17) is 0 Å². The van der Waals surface area contributed by atoms with Gasteiger partial charge in [-0.15, -0.1) is 0 Å². The van der Waals surface area contributed by atoms with Gasteiger partial charge in [0.05, 0.1) is 0 Å². The quantitative estimate of drug-likeness (QED) is 0.846. The minimum Gasteiger partial charge on any atom is -0.314 e. The lowest BCUT2D eigenvalue weighted by atomic mass is 9.97. The second-order valence-electron chi connectivity index (χ2n) is 5.95. The Balaban J connectivity index is 2.09. The monoisotopic (exact) mass is 253 g/mol. The topological polar surface area (TPSA) is 12.0 Å². The standard InChI is InChI=1S/C15H21F2N/c1-4-18-14(13-9-15(13,2)3)7-10-5-11(16)8-12(17)6-10/h5-6,8,13-14,18H,4,7,9H2,1-3H3. The van der Waals surface area contributed by atoms with Gasteiger partial charge in [-0.1, -0.05) is 20.8 Å². The maximum Gasteiger partial charge on any atom is 0.126 e. The summed E-state index contributed by atoms with van der Waals surface area (Å²) in [5.41, 5.74) is 1.10. The predicted octanol–water partition coefficient (Wildman–Crippen LogP) is 3.53. The molecule has 0 amide bonds. The molecule has 1 aromatic rings. The first kappa shape index (κ1) is 13.5. The van der Waals surface area contributed by atoms with E-state index in [9.17, 15) is 8.78 Å². The van der Waals surface area contributed by atoms with E-state index < -0.39 is 11.6 Å². The predicted molar refractivity (Wildman–Crippen MR) is 69.4 cm³/mol. The Bertz CT molecular complexity index is 408. The van der Waals surface area contributed by atoms with Gasteiger partial charge in [-0.25, -0.2) is 8.78 Å². The second-order valence-corrected chi connectivity index (χ2v) is 5.95. The third kappa shape index (κ3) is 3.08. The molecule has 1 aromatic carbocycles. The molecule has 2 atom stereocenters. The number of likely N-dealkylation sites (N-methyl/N-ethyl adjacent to an activating group) is 1. The molecule has 18 heavy (non-hydrogen) atoms. The number of benzene rings is 1. The zero-order valence-corrected chi connectivity index (χ0v) is 11.3. The van der Waals surface area contributed by atoms with Gasteiger partial charge in [0, 0.05) is 12.1 Å². The molecule has 1 saturated carbocycles. The van der Waals surface area contributed by atoms with E-state index in [2.05, 4.69) is 26.1 Å². The average Bonchev–Trinajstić information content (AvgIpc) is 2.85. The third-order valence-corrected chi connectivity index (χ3v) is 3.92. The average molecular weight is 253 g/mol. The summed E-state index contributed by atoms with van der Waals surface area (Å²) >= 11 is 0. The first-order valence-electron chi connectivity index (χ1n) is 6.60. The van der Waals surface area contributed by atoms with Crippen molar-refractivity contribution in [2.24, 2.45) is 11.3 Å². The maximum absolute atomic E-state index is 13.2. The molecular weight excluding hydrogens is 232 g/mol. The van der Waals surface area contributed by atoms with Crippen LogP contribution in [0.3, 0.4) is 0 Å². The Morgan fingerprint density at radius 2 is 1.83 bits per heavy atom. The molecule has 0 bridgehead atoms. The zero-order chi connectivity index (χ0) is 13.3. The molecule has 0 saturated heterocycles. The fourth-order valence-corrected chi connectivity index (χ4v) is 2.80. The van der Waals surface area contributed by atoms with Gasteiger partial charge in [0.2, 0.25) is 0 Å². The van der Waals surface area contributed by atoms with Crippen LogP contribution in [-0.4, -0.2) is 12.6 Å². The largest absolute Gasteiger partial charge is 0.314 e. The van der Waals surface area contributed by atoms with E-state index >= 15 is 0 Å². The molecule has 1 nitrogen and oxygen atoms in total. The minimum absolute atomic E-state index is 0.311. The Morgan fingerprint density at radius 3 is 2.28 bits per heavy atom. The molecule has 1 aliphatic carbocycles. The van der Waals surface area contributed by atoms with Crippen LogP contribution < -0.4 is 5.32 Å². The highest BCUT2D eigenvalue weighted by Crippen LogP contribution is 2.54. The Morgan fingerprint density at radius 1 is 1.28 bits per heavy atom. The maximum atomic E-state index is 13.2. The number of hydrogen-bond donors (Lipinski definition) is 1. The number of halogens is 2. The number of rotatable bonds is 5. The van der Waals surface area contributed by atoms with E-state index in [1.165, 1.54) is 18.6 Å². The summed E-state index contributed by atoms with van der Waals surface area (Å²) in [7, 11) is 0. The van der Waals surface area contributed by atoms with Crippen molar-refractivity contribution >= 4 is 0 Å². The van der Waals surface area contributed by atoms with Gasteiger partial charge in [0.25, 0.3) is 0 Å². The Kier molecular flexibility index (Phi) is 3.71. The van der Waals surface area contributed by atoms with Gasteiger partial charge in [-0.3, -0.25) is 0 Å². The molecule has 0 heterocycles. The Labute approximate surface area is 108 Å². The molecule has 3 heteroatoms. The van der Waals surface area contributed by atoms with E-state index in [0.717, 1.165) is 18.2 Å². The summed E-state index contributed by atoms with van der Waals surface area (Å²) < 4.78 is 26.3. The summed E-state index contributed by atoms with van der Waals surface area (Å²) in [5.74, 6) is -0.380. The van der Waals surface area contributed by atoms with E-state index in [0.29, 0.717) is 23.8 Å². The van der Waals surface area contributed by atoms with Crippen LogP contribution in [0.4, 0.5) is 8.78 Å². The van der Waals surface area contributed by atoms with Gasteiger partial charge >= 0.3 is 0 Å². The highest BCUT2D eigenvalue weighted by molar-refractivity contribution is 5.20. The summed E-state index contributed by atoms with van der Waals surface area (Å²) in [6, 6.07) is 4.10. The molecule has 0 aromatic heterocycles. The summed E-state index contributed by atoms with van der Waals surface area (Å²) in [4.78, 5) is 0. The van der Waals surface area contributed by atoms with E-state index in [1.807, 2.05) is 0 Å². The van der Waals surface area contributed by atoms with Crippen LogP contribution in [-0.2, 0) is 6.42 Å². The number of hydrogen-bond acceptors (Lipinski definition) is 1. The van der Waals surface area contributed by atoms with Crippen molar-refractivity contribution in [2.75, 3.05) is 6.54 Å². The fourth-order valence-electron chi connectivity index (χ4n) is 2.80. The molecule has 1 fully saturated rings. The van der Waals surface area contributed by atoms with Crippen molar-refractivity contribution in [3.05, 3.63) is 35.4 Å². The molecule has 100 valence electrons. The highest BCUT2D eigenvalue weighted by Gasteiger charge is 2.49. The molecular formula is C15H21F2N. The SMILES string of the molecule is CCNC(Cc1cc(F)cc(F)c1)C1CC1(C)C. The summed E-state index contributed by atoms with van der Waals surface area (Å²) in [6.45, 7) is 7.44. The van der Waals surface area contributed by atoms with Crippen LogP contribution in [0.2, 0.25) is 0 Å². The van der Waals surface area contributed by atoms with E-state index in [-0.39, 0.29) is 0 Å². The van der Waals surface area contributed by atoms with E-state index in [1.54, 1.807) is 0 Å². The van der Waals surface area contributed by atoms with Gasteiger partial charge in [-0.05, 0) is 48.4 Å². The Hall–Kier alpha value is -0.960. The van der Waals surface area contributed by atoms with Gasteiger partial charge < -0.3 is 5.32 Å². The molecule has 0 aliphatic heterocycles. The van der Waals surface area contributed by atoms with Crippen LogP contribution in [0, 0.1) is 23.0 Å². The van der Waals surface area contributed by atoms with Crippen LogP contribution in [0.25, 0.3) is 0 Å². The van der Waals surface area contributed by atoms with Crippen molar-refractivity contribution < 1.29 is 8.78 Å². The summed E-state index contributed by atoms with van der Waals surface area (Å²) in [5, 5.41) is 3.44. The van der Waals surface area contributed by atoms with Crippen molar-refractivity contribution in [2.45, 2.75) is 39.7 Å². The zero-order valence-electron chi connectivity index (χ0n) is 11.3. The van der Waals surface area contributed by atoms with Crippen molar-refractivity contribution in [3.8, 4) is 0 Å². The van der Waals surface area contributed by atoms with Gasteiger partial charge in [0.15, 0.2) is 0 Å². The third-order valence-electron chi connectivity index (χ3n) is 3.92. The van der Waals surface area contributed by atoms with Crippen LogP contribution in [0.5, 0.6) is 0 Å². The number of nitrogens with one attached hydrogen (secondary N) is 1. The normalized spacial score (nSPS) is 22.8. The lowest BCUT2D eigenvalue weighted by Crippen LogP contribution is -2.34. The van der Waals surface area contributed by atoms with Crippen molar-refractivity contribution in [1.29, 1.82) is 0 Å². The van der Waals surface area contributed by atoms with Gasteiger partial charge in [-0.2, -0.15) is 0 Å². The molecule has 0 radical (unpaired) electrons. The lowest BCUT2D eigenvalue weighted by molar-refractivity contribution is 0.408. The highest BCUT2D eigenvalue weighted by atomic mass is 19.1. The van der Waals surface area contributed by atoms with Crippen molar-refractivity contribution in [1.82, 2.24) is 5.32 Å². The smallest absolute Gasteiger partial charge is 0.126 e. The lowest BCUT2D eigenvalue weighted by Gasteiger charge is -2.20. The molecule has 0 spiro atoms. The van der Waals surface area contributed by atoms with Crippen LogP contribution in [0.15, 0.2) is 18.2 Å². The second kappa shape index (κ2) is 4.96. The van der Waals surface area contributed by atoms with Crippen molar-refractivity contribution in [3.63, 3.8) is 0 Å². The first-order valence-corrected chi connectivity index (χ1v) is 6.60. The molecule has 2 rings (SSSR count). The molecule has 1 aliphatic rings. The minimum atomic E-state index is -0.490. The fraction of sp³-hybridized carbons (Fsp3) is 0.600. The first-order chi connectivity index (χ1) is 8.42.